The van der Waals surface area contributed by atoms with E-state index in [2.05, 4.69) is 0 Å². The van der Waals surface area contributed by atoms with Crippen LogP contribution in [0.4, 0.5) is 26.3 Å². The molecule has 0 aromatic carbocycles. The minimum absolute atomic E-state index is 0. The topological polar surface area (TPSA) is 0 Å². The molecule has 0 aliphatic heterocycles. The molecule has 0 heterocycles. The first-order valence-corrected chi connectivity index (χ1v) is 11.2. The van der Waals surface area contributed by atoms with Crippen LogP contribution in [-0.4, -0.2) is 147 Å². The molecule has 0 rings (SSSR count). The molecule has 14 heteroatoms. The number of rotatable bonds is 0. The maximum atomic E-state index is 9.96. The molecule has 0 atom stereocenters. The van der Waals surface area contributed by atoms with Gasteiger partial charge in [0.15, 0.2) is 0 Å². The maximum absolute atomic E-state index is 19.4. The van der Waals surface area contributed by atoms with Crippen LogP contribution in [0.3, 0.4) is 0 Å². The van der Waals surface area contributed by atoms with Crippen LogP contribution in [0, 0.1) is 0 Å². The molecule has 0 unspecified atom stereocenters. The minimum atomic E-state index is -19.4. The van der Waals surface area contributed by atoms with Gasteiger partial charge in [-0.25, -0.2) is 0 Å². The summed E-state index contributed by atoms with van der Waals surface area (Å²) in [5.41, 5.74) is 0. The van der Waals surface area contributed by atoms with Crippen molar-refractivity contribution in [3.63, 3.8) is 0 Å². The number of hydrogen-bond donors (Lipinski definition) is 0. The van der Waals surface area contributed by atoms with Crippen molar-refractivity contribution in [3.8, 4) is 0 Å². The average Bonchev–Trinajstić information content (AvgIpc) is 0.439. The molecule has 0 aromatic rings. The molecule has 0 nitrogen and oxygen atoms in total. The summed E-state index contributed by atoms with van der Waals surface area (Å²) in [4.78, 5) is 0. The van der Waals surface area contributed by atoms with Crippen molar-refractivity contribution in [3.05, 3.63) is 0 Å². The summed E-state index contributed by atoms with van der Waals surface area (Å²) in [7, 11) is 0. The van der Waals surface area contributed by atoms with Gasteiger partial charge in [-0.3, -0.25) is 0 Å². The van der Waals surface area contributed by atoms with Gasteiger partial charge in [-0.05, 0) is 0 Å². The fourth-order valence-electron chi connectivity index (χ4n) is 0. The van der Waals surface area contributed by atoms with Gasteiger partial charge in [0.1, 0.15) is 0 Å². The molecule has 0 saturated carbocycles. The standard InChI is InChI=1S/3Ba.10FH.Zr/h;;;10*1H;/q3*+2;;;;;;;;;;;+4/p-10. The van der Waals surface area contributed by atoms with E-state index in [-0.39, 0.29) is 147 Å². The molecule has 0 aromatic heterocycles. The zero-order valence-electron chi connectivity index (χ0n) is 6.40. The third-order valence-electron chi connectivity index (χ3n) is 0. The molecule has 0 bridgehead atoms. The predicted molar refractivity (Wildman–Crippen MR) is 28.3 cm³/mol. The molecule has 80 valence electrons. The van der Waals surface area contributed by atoms with Crippen molar-refractivity contribution < 1.29 is 43.7 Å². The van der Waals surface area contributed by atoms with Crippen molar-refractivity contribution in [1.82, 2.24) is 0 Å². The zero-order chi connectivity index (χ0) is 10.3. The molecule has 0 saturated heterocycles. The van der Waals surface area contributed by atoms with Gasteiger partial charge in [0.25, 0.3) is 0 Å². The number of hydrogen-bond acceptors (Lipinski definition) is 0. The van der Waals surface area contributed by atoms with E-state index in [4.69, 9.17) is 0 Å². The summed E-state index contributed by atoms with van der Waals surface area (Å²) in [5, 5.41) is 0. The third kappa shape index (κ3) is 178. The Kier molecular flexibility index (Phi) is 4.00. The molecular formula is Ba3F10Zr. The fraction of sp³-hybridized carbons (Fsp3) is 0. The van der Waals surface area contributed by atoms with Crippen molar-refractivity contribution in [2.24, 2.45) is 0 Å². The quantitative estimate of drug-likeness (QED) is 0.271. The first-order valence-electron chi connectivity index (χ1n) is 1.89. The molecule has 0 fully saturated rings. The van der Waals surface area contributed by atoms with Gasteiger partial charge in [-0.2, -0.15) is 0 Å². The second-order valence-electron chi connectivity index (χ2n) is 3.21. The van der Waals surface area contributed by atoms with E-state index in [1.807, 2.05) is 0 Å². The summed E-state index contributed by atoms with van der Waals surface area (Å²) in [6, 6.07) is 0. The summed E-state index contributed by atoms with van der Waals surface area (Å²) in [6.45, 7) is 0. The van der Waals surface area contributed by atoms with Crippen LogP contribution < -0.4 is 0 Å². The van der Waals surface area contributed by atoms with Crippen molar-refractivity contribution in [2.45, 2.75) is 0 Å². The Balaban J connectivity index is -0.000000167. The zero-order valence-corrected chi connectivity index (χ0v) is 22.2. The van der Waals surface area contributed by atoms with Gasteiger partial charge >= 0.3 is 190 Å². The van der Waals surface area contributed by atoms with Crippen molar-refractivity contribution in [1.29, 1.82) is 0 Å². The summed E-state index contributed by atoms with van der Waals surface area (Å²) in [5.74, 6) is 0. The Morgan fingerprint density at radius 3 is 0.357 bits per heavy atom. The van der Waals surface area contributed by atoms with Gasteiger partial charge < -0.3 is 0 Å². The van der Waals surface area contributed by atoms with Crippen molar-refractivity contribution >= 4 is 147 Å². The van der Waals surface area contributed by atoms with E-state index in [1.54, 1.807) is 0 Å². The SMILES string of the molecule is [Ba+2].[Ba+2].[Ba+2].[F][Zr-6]([F])([F])([F])([F])([F])([F])([F])([F])[F]. The first-order chi connectivity index (χ1) is 3.16. The monoisotopic (exact) mass is 694 g/mol. The first kappa shape index (κ1) is 27.3. The van der Waals surface area contributed by atoms with Crippen molar-refractivity contribution in [2.75, 3.05) is 0 Å². The van der Waals surface area contributed by atoms with E-state index in [9.17, 15) is 26.3 Å². The van der Waals surface area contributed by atoms with Gasteiger partial charge in [0, 0.05) is 0 Å². The third-order valence-corrected chi connectivity index (χ3v) is 0. The Hall–Kier alpha value is 4.90. The average molecular weight is 693 g/mol. The second kappa shape index (κ2) is 2.05. The molecule has 0 N–H and O–H groups in total. The predicted octanol–water partition coefficient (Wildman–Crippen LogP) is 3.06. The van der Waals surface area contributed by atoms with Gasteiger partial charge in [-0.1, -0.05) is 0 Å². The van der Waals surface area contributed by atoms with Crippen LogP contribution in [-0.2, 0) is 17.4 Å². The van der Waals surface area contributed by atoms with Crippen LogP contribution in [0.15, 0.2) is 0 Å². The van der Waals surface area contributed by atoms with Crippen LogP contribution in [0.5, 0.6) is 0 Å². The summed E-state index contributed by atoms with van der Waals surface area (Å²) < 4.78 is 99.6. The van der Waals surface area contributed by atoms with Gasteiger partial charge in [-0.15, -0.1) is 0 Å². The van der Waals surface area contributed by atoms with E-state index in [0.29, 0.717) is 0 Å². The summed E-state index contributed by atoms with van der Waals surface area (Å²) in [6.07, 6.45) is 0. The molecule has 0 amide bonds. The molecule has 0 radical (unpaired) electrons. The van der Waals surface area contributed by atoms with E-state index >= 15 is 0 Å². The van der Waals surface area contributed by atoms with Crippen LogP contribution >= 0.6 is 0 Å². The summed E-state index contributed by atoms with van der Waals surface area (Å²) >= 11 is -19.4. The molecular weight excluding hydrogens is 693 g/mol. The molecule has 14 heavy (non-hydrogen) atoms. The van der Waals surface area contributed by atoms with Gasteiger partial charge in [0.2, 0.25) is 0 Å². The van der Waals surface area contributed by atoms with Crippen LogP contribution in [0.1, 0.15) is 0 Å². The Morgan fingerprint density at radius 2 is 0.357 bits per heavy atom. The molecule has 0 spiro atoms. The molecule has 0 aliphatic rings. The van der Waals surface area contributed by atoms with E-state index in [1.165, 1.54) is 0 Å². The normalized spacial score (nSPS) is 30.7. The second-order valence-corrected chi connectivity index (χ2v) is 19.0. The van der Waals surface area contributed by atoms with E-state index in [0.717, 1.165) is 0 Å². The molecule has 0 aliphatic carbocycles. The van der Waals surface area contributed by atoms with Crippen LogP contribution in [0.2, 0.25) is 0 Å². The van der Waals surface area contributed by atoms with Gasteiger partial charge in [0.05, 0.1) is 0 Å². The Bertz CT molecular complexity index is 262. The fourth-order valence-corrected chi connectivity index (χ4v) is 0. The van der Waals surface area contributed by atoms with Crippen LogP contribution in [0.25, 0.3) is 0 Å². The Morgan fingerprint density at radius 1 is 0.357 bits per heavy atom. The number of halogens is 10. The van der Waals surface area contributed by atoms with E-state index < -0.39 is 17.4 Å². The Labute approximate surface area is 184 Å².